The summed E-state index contributed by atoms with van der Waals surface area (Å²) in [6.45, 7) is 0. The smallest absolute Gasteiger partial charge is 0.143 e. The molecule has 10 radical (unpaired) electrons. The molecule has 0 fully saturated rings. The zero-order chi connectivity index (χ0) is 34.1. The first-order valence-corrected chi connectivity index (χ1v) is 16.5. The van der Waals surface area contributed by atoms with Gasteiger partial charge in [0.15, 0.2) is 0 Å². The maximum atomic E-state index is 6.74. The third-order valence-corrected chi connectivity index (χ3v) is 9.96. The molecule has 0 bridgehead atoms. The Hall–Kier alpha value is -5.60. The maximum Gasteiger partial charge on any atom is 0.143 e. The van der Waals surface area contributed by atoms with Crippen molar-refractivity contribution in [3.63, 3.8) is 0 Å². The van der Waals surface area contributed by atoms with Crippen LogP contribution in [-0.2, 0) is 0 Å². The average Bonchev–Trinajstić information content (AvgIpc) is 3.55. The molecule has 0 aliphatic heterocycles. The Morgan fingerprint density at radius 3 is 1.36 bits per heavy atom. The first-order chi connectivity index (χ1) is 24.4. The van der Waals surface area contributed by atoms with Gasteiger partial charge < -0.3 is 4.42 Å². The van der Waals surface area contributed by atoms with E-state index in [0.29, 0.717) is 16.5 Å². The van der Waals surface area contributed by atoms with E-state index in [2.05, 4.69) is 103 Å². The summed E-state index contributed by atoms with van der Waals surface area (Å²) in [6, 6.07) is 48.3. The number of hydrogen-bond donors (Lipinski definition) is 0. The molecular formula is C44H23B5O. The molecule has 0 unspecified atom stereocenters. The van der Waals surface area contributed by atoms with Crippen LogP contribution in [0.3, 0.4) is 0 Å². The summed E-state index contributed by atoms with van der Waals surface area (Å²) in [4.78, 5) is 0. The van der Waals surface area contributed by atoms with E-state index in [1.165, 1.54) is 0 Å². The van der Waals surface area contributed by atoms with Crippen molar-refractivity contribution >= 4 is 110 Å². The lowest BCUT2D eigenvalue weighted by atomic mass is 9.59. The van der Waals surface area contributed by atoms with Crippen LogP contribution in [-0.4, -0.2) is 39.2 Å². The van der Waals surface area contributed by atoms with Gasteiger partial charge in [-0.2, -0.15) is 0 Å². The lowest BCUT2D eigenvalue weighted by Crippen LogP contribution is -2.55. The molecule has 0 aliphatic carbocycles. The monoisotopic (exact) mass is 622 g/mol. The number of rotatable bonds is 4. The first kappa shape index (κ1) is 30.5. The maximum absolute atomic E-state index is 6.74. The zero-order valence-electron chi connectivity index (χ0n) is 27.1. The second-order valence-corrected chi connectivity index (χ2v) is 12.7. The molecule has 1 heterocycles. The van der Waals surface area contributed by atoms with E-state index in [9.17, 15) is 0 Å². The molecule has 1 nitrogen and oxygen atoms in total. The minimum Gasteiger partial charge on any atom is -0.455 e. The van der Waals surface area contributed by atoms with Crippen LogP contribution in [0.25, 0.3) is 88.0 Å². The summed E-state index contributed by atoms with van der Waals surface area (Å²) >= 11 is 0. The summed E-state index contributed by atoms with van der Waals surface area (Å²) in [5, 5.41) is 6.13. The molecule has 6 heteroatoms. The summed E-state index contributed by atoms with van der Waals surface area (Å²) in [5.41, 5.74) is 10.9. The minimum absolute atomic E-state index is 0.194. The van der Waals surface area contributed by atoms with Crippen LogP contribution >= 0.6 is 0 Å². The van der Waals surface area contributed by atoms with Crippen molar-refractivity contribution < 1.29 is 4.42 Å². The van der Waals surface area contributed by atoms with Gasteiger partial charge in [-0.25, -0.2) is 0 Å². The topological polar surface area (TPSA) is 13.1 Å². The van der Waals surface area contributed by atoms with Crippen LogP contribution in [0, 0.1) is 0 Å². The number of benzene rings is 8. The fraction of sp³-hybridized carbons (Fsp3) is 0. The highest BCUT2D eigenvalue weighted by Gasteiger charge is 2.22. The summed E-state index contributed by atoms with van der Waals surface area (Å²) in [5.74, 6) is 0. The van der Waals surface area contributed by atoms with Gasteiger partial charge >= 0.3 is 0 Å². The summed E-state index contributed by atoms with van der Waals surface area (Å²) in [6.07, 6.45) is 0. The molecule has 0 N–H and O–H groups in total. The van der Waals surface area contributed by atoms with Gasteiger partial charge in [0, 0.05) is 16.3 Å². The molecule has 0 saturated carbocycles. The van der Waals surface area contributed by atoms with Crippen LogP contribution in [0.15, 0.2) is 144 Å². The lowest BCUT2D eigenvalue weighted by Gasteiger charge is -2.25. The Labute approximate surface area is 297 Å². The van der Waals surface area contributed by atoms with Crippen LogP contribution in [0.4, 0.5) is 0 Å². The highest BCUT2D eigenvalue weighted by atomic mass is 16.3. The van der Waals surface area contributed by atoms with Crippen molar-refractivity contribution in [3.8, 4) is 44.5 Å². The molecule has 1 aromatic heterocycles. The molecule has 8 aromatic carbocycles. The SMILES string of the molecule is [B]c1c([B])c([B])c(-c2c3ccccc3c(-c3ccc4oc5c(-c6ccccc6)ccc(-c6ccccc6)c5c4c3)c3ccccc23)c([B])c1[B]. The molecule has 9 rings (SSSR count). The third-order valence-electron chi connectivity index (χ3n) is 9.96. The van der Waals surface area contributed by atoms with Gasteiger partial charge in [-0.15, -0.1) is 16.4 Å². The van der Waals surface area contributed by atoms with Gasteiger partial charge in [0.1, 0.15) is 50.4 Å². The van der Waals surface area contributed by atoms with Gasteiger partial charge in [-0.3, -0.25) is 0 Å². The van der Waals surface area contributed by atoms with Crippen molar-refractivity contribution in [2.45, 2.75) is 0 Å². The van der Waals surface area contributed by atoms with Gasteiger partial charge in [0.05, 0.1) is 0 Å². The van der Waals surface area contributed by atoms with Crippen molar-refractivity contribution in [2.75, 3.05) is 0 Å². The molecule has 0 amide bonds. The molecule has 50 heavy (non-hydrogen) atoms. The van der Waals surface area contributed by atoms with Crippen molar-refractivity contribution in [2.24, 2.45) is 0 Å². The molecule has 0 saturated heterocycles. The molecule has 220 valence electrons. The van der Waals surface area contributed by atoms with E-state index in [1.807, 2.05) is 36.4 Å². The van der Waals surface area contributed by atoms with Crippen molar-refractivity contribution in [1.82, 2.24) is 0 Å². The predicted octanol–water partition coefficient (Wildman–Crippen LogP) is 6.53. The van der Waals surface area contributed by atoms with Crippen molar-refractivity contribution in [3.05, 3.63) is 140 Å². The molecular weight excluding hydrogens is 599 g/mol. The average molecular weight is 622 g/mol. The standard InChI is InChI=1S/C44H23B5O/c45-39-38(40(46)42(48)43(49)41(39)47)36-31-17-9-7-15-29(31)35(30-16-8-10-18-32(30)36)26-19-22-34-33(23-26)37-27(24-11-3-1-4-12-24)20-21-28(44(37)50-34)25-13-5-2-6-14-25/h1-23H. The fourth-order valence-corrected chi connectivity index (χ4v) is 7.57. The second kappa shape index (κ2) is 11.8. The molecule has 0 aliphatic rings. The van der Waals surface area contributed by atoms with E-state index in [-0.39, 0.29) is 16.4 Å². The zero-order valence-corrected chi connectivity index (χ0v) is 27.1. The molecule has 0 atom stereocenters. The fourth-order valence-electron chi connectivity index (χ4n) is 7.57. The van der Waals surface area contributed by atoms with E-state index in [1.54, 1.807) is 0 Å². The quantitative estimate of drug-likeness (QED) is 0.161. The largest absolute Gasteiger partial charge is 0.455 e. The third kappa shape index (κ3) is 4.55. The Balaban J connectivity index is 1.39. The summed E-state index contributed by atoms with van der Waals surface area (Å²) in [7, 11) is 32.4. The predicted molar refractivity (Wildman–Crippen MR) is 217 cm³/mol. The highest BCUT2D eigenvalue weighted by Crippen LogP contribution is 2.46. The molecule has 0 spiro atoms. The van der Waals surface area contributed by atoms with Gasteiger partial charge in [0.2, 0.25) is 0 Å². The van der Waals surface area contributed by atoms with E-state index in [4.69, 9.17) is 43.6 Å². The van der Waals surface area contributed by atoms with Crippen LogP contribution in [0.1, 0.15) is 0 Å². The van der Waals surface area contributed by atoms with E-state index in [0.717, 1.165) is 82.4 Å². The van der Waals surface area contributed by atoms with Crippen LogP contribution < -0.4 is 27.3 Å². The van der Waals surface area contributed by atoms with Crippen LogP contribution in [0.5, 0.6) is 0 Å². The minimum atomic E-state index is 0.194. The number of hydrogen-bond acceptors (Lipinski definition) is 1. The Kier molecular flexibility index (Phi) is 7.18. The van der Waals surface area contributed by atoms with E-state index < -0.39 is 0 Å². The number of fused-ring (bicyclic) bond motifs is 5. The highest BCUT2D eigenvalue weighted by molar-refractivity contribution is 6.69. The Bertz CT molecular complexity index is 2720. The Morgan fingerprint density at radius 2 is 0.800 bits per heavy atom. The second-order valence-electron chi connectivity index (χ2n) is 12.7. The first-order valence-electron chi connectivity index (χ1n) is 16.5. The van der Waals surface area contributed by atoms with E-state index >= 15 is 0 Å². The van der Waals surface area contributed by atoms with Gasteiger partial charge in [-0.1, -0.05) is 132 Å². The van der Waals surface area contributed by atoms with Gasteiger partial charge in [-0.05, 0) is 78.7 Å². The summed E-state index contributed by atoms with van der Waals surface area (Å²) < 4.78 is 6.74. The van der Waals surface area contributed by atoms with Crippen molar-refractivity contribution in [1.29, 1.82) is 0 Å². The molecule has 9 aromatic rings. The number of furan rings is 1. The normalized spacial score (nSPS) is 11.6. The van der Waals surface area contributed by atoms with Crippen LogP contribution in [0.2, 0.25) is 0 Å². The van der Waals surface area contributed by atoms with Gasteiger partial charge in [0.25, 0.3) is 0 Å². The lowest BCUT2D eigenvalue weighted by molar-refractivity contribution is 0.670. The Morgan fingerprint density at radius 1 is 0.340 bits per heavy atom.